The van der Waals surface area contributed by atoms with Crippen LogP contribution in [0.1, 0.15) is 27.0 Å². The van der Waals surface area contributed by atoms with E-state index in [2.05, 4.69) is 17.2 Å². The van der Waals surface area contributed by atoms with Crippen LogP contribution >= 0.6 is 11.3 Å². The first-order chi connectivity index (χ1) is 9.70. The van der Waals surface area contributed by atoms with E-state index in [0.29, 0.717) is 18.7 Å². The van der Waals surface area contributed by atoms with Gasteiger partial charge in [0.15, 0.2) is 0 Å². The lowest BCUT2D eigenvalue weighted by Crippen LogP contribution is -2.23. The van der Waals surface area contributed by atoms with Crippen molar-refractivity contribution >= 4 is 17.2 Å². The molecule has 0 atom stereocenters. The number of benzene rings is 1. The van der Waals surface area contributed by atoms with Crippen molar-refractivity contribution in [2.24, 2.45) is 5.73 Å². The van der Waals surface area contributed by atoms with Crippen molar-refractivity contribution in [3.05, 3.63) is 57.3 Å². The van der Waals surface area contributed by atoms with Gasteiger partial charge < -0.3 is 11.1 Å². The molecule has 0 fully saturated rings. The molecule has 0 saturated carbocycles. The third-order valence-electron chi connectivity index (χ3n) is 2.85. The zero-order valence-electron chi connectivity index (χ0n) is 11.3. The van der Waals surface area contributed by atoms with E-state index in [-0.39, 0.29) is 5.91 Å². The van der Waals surface area contributed by atoms with Gasteiger partial charge in [0.05, 0.1) is 6.54 Å². The average Bonchev–Trinajstić information content (AvgIpc) is 2.97. The smallest absolute Gasteiger partial charge is 0.251 e. The summed E-state index contributed by atoms with van der Waals surface area (Å²) in [6.07, 6.45) is 0. The Bertz CT molecular complexity index is 651. The number of carbonyl (C=O) groups excluding carboxylic acids is 1. The number of amides is 1. The van der Waals surface area contributed by atoms with Gasteiger partial charge in [-0.25, -0.2) is 0 Å². The Labute approximate surface area is 122 Å². The second-order valence-electron chi connectivity index (χ2n) is 4.35. The summed E-state index contributed by atoms with van der Waals surface area (Å²) >= 11 is 1.62. The number of hydrogen-bond acceptors (Lipinski definition) is 3. The number of nitrogens with two attached hydrogens (primary N) is 1. The van der Waals surface area contributed by atoms with Gasteiger partial charge in [0, 0.05) is 17.7 Å². The van der Waals surface area contributed by atoms with Crippen molar-refractivity contribution in [1.82, 2.24) is 5.32 Å². The largest absolute Gasteiger partial charge is 0.348 e. The highest BCUT2D eigenvalue weighted by Crippen LogP contribution is 2.11. The van der Waals surface area contributed by atoms with Gasteiger partial charge in [-0.3, -0.25) is 4.79 Å². The molecule has 1 heterocycles. The molecule has 0 aliphatic rings. The third-order valence-corrected chi connectivity index (χ3v) is 3.58. The Kier molecular flexibility index (Phi) is 4.94. The van der Waals surface area contributed by atoms with Gasteiger partial charge in [0.1, 0.15) is 0 Å². The standard InChI is InChI=1S/C16H16N2OS/c1-12-4-5-13(3-2-7-17)9-15(12)16(19)18-10-14-6-8-20-11-14/h4-6,8-9,11H,7,10,17H2,1H3,(H,18,19). The molecular weight excluding hydrogens is 268 g/mol. The molecule has 1 aromatic heterocycles. The Morgan fingerprint density at radius 3 is 2.95 bits per heavy atom. The Balaban J connectivity index is 2.12. The Morgan fingerprint density at radius 2 is 2.25 bits per heavy atom. The van der Waals surface area contributed by atoms with Crippen LogP contribution < -0.4 is 11.1 Å². The molecule has 0 spiro atoms. The molecule has 20 heavy (non-hydrogen) atoms. The Hall–Kier alpha value is -2.09. The highest BCUT2D eigenvalue weighted by molar-refractivity contribution is 7.07. The van der Waals surface area contributed by atoms with Gasteiger partial charge >= 0.3 is 0 Å². The summed E-state index contributed by atoms with van der Waals surface area (Å²) in [7, 11) is 0. The number of thiophene rings is 1. The van der Waals surface area contributed by atoms with Crippen LogP contribution in [0.5, 0.6) is 0 Å². The quantitative estimate of drug-likeness (QED) is 0.850. The number of nitrogens with one attached hydrogen (secondary N) is 1. The molecule has 1 amide bonds. The SMILES string of the molecule is Cc1ccc(C#CCN)cc1C(=O)NCc1ccsc1. The third kappa shape index (κ3) is 3.70. The molecule has 102 valence electrons. The fraction of sp³-hybridized carbons (Fsp3) is 0.188. The summed E-state index contributed by atoms with van der Waals surface area (Å²) in [6, 6.07) is 7.61. The van der Waals surface area contributed by atoms with Crippen molar-refractivity contribution in [2.75, 3.05) is 6.54 Å². The van der Waals surface area contributed by atoms with Crippen LogP contribution in [-0.2, 0) is 6.54 Å². The van der Waals surface area contributed by atoms with Crippen molar-refractivity contribution < 1.29 is 4.79 Å². The van der Waals surface area contributed by atoms with Crippen LogP contribution in [0.4, 0.5) is 0 Å². The minimum Gasteiger partial charge on any atom is -0.348 e. The number of rotatable bonds is 3. The molecular formula is C16H16N2OS. The average molecular weight is 284 g/mol. The molecule has 3 nitrogen and oxygen atoms in total. The topological polar surface area (TPSA) is 55.1 Å². The minimum atomic E-state index is -0.0786. The first-order valence-electron chi connectivity index (χ1n) is 6.29. The van der Waals surface area contributed by atoms with Crippen molar-refractivity contribution in [1.29, 1.82) is 0 Å². The summed E-state index contributed by atoms with van der Waals surface area (Å²) in [4.78, 5) is 12.2. The van der Waals surface area contributed by atoms with Crippen molar-refractivity contribution in [2.45, 2.75) is 13.5 Å². The predicted octanol–water partition coefficient (Wildman–Crippen LogP) is 2.30. The molecule has 0 radical (unpaired) electrons. The summed E-state index contributed by atoms with van der Waals surface area (Å²) in [6.45, 7) is 2.77. The lowest BCUT2D eigenvalue weighted by Gasteiger charge is -2.07. The number of carbonyl (C=O) groups is 1. The molecule has 0 aliphatic carbocycles. The second kappa shape index (κ2) is 6.90. The van der Waals surface area contributed by atoms with E-state index < -0.39 is 0 Å². The van der Waals surface area contributed by atoms with Crippen molar-refractivity contribution in [3.63, 3.8) is 0 Å². The molecule has 0 aliphatic heterocycles. The lowest BCUT2D eigenvalue weighted by atomic mass is 10.0. The summed E-state index contributed by atoms with van der Waals surface area (Å²) in [5, 5.41) is 6.94. The molecule has 0 bridgehead atoms. The highest BCUT2D eigenvalue weighted by Gasteiger charge is 2.09. The van der Waals surface area contributed by atoms with Gasteiger partial charge in [-0.05, 0) is 47.0 Å². The van der Waals surface area contributed by atoms with Gasteiger partial charge in [0.25, 0.3) is 5.91 Å². The fourth-order valence-electron chi connectivity index (χ4n) is 1.77. The van der Waals surface area contributed by atoms with Crippen LogP contribution in [0.25, 0.3) is 0 Å². The van der Waals surface area contributed by atoms with E-state index in [1.165, 1.54) is 0 Å². The summed E-state index contributed by atoms with van der Waals surface area (Å²) < 4.78 is 0. The van der Waals surface area contributed by atoms with E-state index in [0.717, 1.165) is 16.7 Å². The maximum atomic E-state index is 12.2. The minimum absolute atomic E-state index is 0.0786. The normalized spacial score (nSPS) is 9.70. The highest BCUT2D eigenvalue weighted by atomic mass is 32.1. The van der Waals surface area contributed by atoms with E-state index in [9.17, 15) is 4.79 Å². The van der Waals surface area contributed by atoms with Crippen LogP contribution in [0, 0.1) is 18.8 Å². The molecule has 3 N–H and O–H groups in total. The van der Waals surface area contributed by atoms with Crippen LogP contribution in [0.2, 0.25) is 0 Å². The molecule has 4 heteroatoms. The first kappa shape index (κ1) is 14.3. The summed E-state index contributed by atoms with van der Waals surface area (Å²) in [5.74, 6) is 5.66. The fourth-order valence-corrected chi connectivity index (χ4v) is 2.44. The number of hydrogen-bond donors (Lipinski definition) is 2. The second-order valence-corrected chi connectivity index (χ2v) is 5.13. The van der Waals surface area contributed by atoms with Crippen LogP contribution in [-0.4, -0.2) is 12.5 Å². The summed E-state index contributed by atoms with van der Waals surface area (Å²) in [5.41, 5.74) is 8.87. The van der Waals surface area contributed by atoms with Crippen LogP contribution in [0.3, 0.4) is 0 Å². The molecule has 2 rings (SSSR count). The first-order valence-corrected chi connectivity index (χ1v) is 7.24. The maximum Gasteiger partial charge on any atom is 0.251 e. The van der Waals surface area contributed by atoms with Gasteiger partial charge in [0.2, 0.25) is 0 Å². The van der Waals surface area contributed by atoms with Gasteiger partial charge in [-0.2, -0.15) is 11.3 Å². The van der Waals surface area contributed by atoms with Gasteiger partial charge in [-0.1, -0.05) is 17.9 Å². The Morgan fingerprint density at radius 1 is 1.40 bits per heavy atom. The molecule has 0 saturated heterocycles. The molecule has 2 aromatic rings. The van der Waals surface area contributed by atoms with E-state index in [1.807, 2.05) is 35.9 Å². The van der Waals surface area contributed by atoms with E-state index >= 15 is 0 Å². The monoisotopic (exact) mass is 284 g/mol. The van der Waals surface area contributed by atoms with Crippen LogP contribution in [0.15, 0.2) is 35.0 Å². The predicted molar refractivity (Wildman–Crippen MR) is 82.6 cm³/mol. The van der Waals surface area contributed by atoms with E-state index in [1.54, 1.807) is 17.4 Å². The van der Waals surface area contributed by atoms with E-state index in [4.69, 9.17) is 5.73 Å². The lowest BCUT2D eigenvalue weighted by molar-refractivity contribution is 0.0950. The van der Waals surface area contributed by atoms with Gasteiger partial charge in [-0.15, -0.1) is 0 Å². The zero-order valence-corrected chi connectivity index (χ0v) is 12.1. The zero-order chi connectivity index (χ0) is 14.4. The molecule has 0 unspecified atom stereocenters. The number of aryl methyl sites for hydroxylation is 1. The van der Waals surface area contributed by atoms with Crippen molar-refractivity contribution in [3.8, 4) is 11.8 Å². The molecule has 1 aromatic carbocycles. The maximum absolute atomic E-state index is 12.2.